The normalized spacial score (nSPS) is 20.3. The molecule has 0 bridgehead atoms. The Kier molecular flexibility index (Phi) is 8.00. The minimum Gasteiger partial charge on any atom is -0.347 e. The van der Waals surface area contributed by atoms with Crippen molar-refractivity contribution < 1.29 is 9.59 Å². The molecule has 0 aliphatic carbocycles. The molecule has 1 unspecified atom stereocenters. The molecule has 2 atom stereocenters. The van der Waals surface area contributed by atoms with E-state index in [0.717, 1.165) is 43.6 Å². The smallest absolute Gasteiger partial charge is 0.320 e. The van der Waals surface area contributed by atoms with Crippen LogP contribution in [0.5, 0.6) is 0 Å². The zero-order chi connectivity index (χ0) is 23.0. The molecule has 6 heteroatoms. The van der Waals surface area contributed by atoms with Crippen LogP contribution in [0.1, 0.15) is 49.4 Å². The molecule has 176 valence electrons. The van der Waals surface area contributed by atoms with Gasteiger partial charge in [0.2, 0.25) is 0 Å². The fourth-order valence-corrected chi connectivity index (χ4v) is 4.75. The lowest BCUT2D eigenvalue weighted by Gasteiger charge is -2.24. The fourth-order valence-electron chi connectivity index (χ4n) is 4.75. The van der Waals surface area contributed by atoms with E-state index in [1.165, 1.54) is 19.3 Å². The van der Waals surface area contributed by atoms with Gasteiger partial charge in [-0.15, -0.1) is 0 Å². The van der Waals surface area contributed by atoms with Gasteiger partial charge in [0.15, 0.2) is 0 Å². The van der Waals surface area contributed by atoms with Gasteiger partial charge in [0, 0.05) is 43.8 Å². The van der Waals surface area contributed by atoms with Gasteiger partial charge in [-0.3, -0.25) is 4.79 Å². The van der Waals surface area contributed by atoms with Crippen LogP contribution in [-0.4, -0.2) is 66.5 Å². The van der Waals surface area contributed by atoms with Gasteiger partial charge in [0.1, 0.15) is 0 Å². The Morgan fingerprint density at radius 3 is 2.18 bits per heavy atom. The molecule has 4 rings (SSSR count). The van der Waals surface area contributed by atoms with Gasteiger partial charge < -0.3 is 20.4 Å². The minimum absolute atomic E-state index is 0.000758. The van der Waals surface area contributed by atoms with Crippen LogP contribution in [0.2, 0.25) is 0 Å². The van der Waals surface area contributed by atoms with Crippen molar-refractivity contribution in [2.75, 3.05) is 32.7 Å². The van der Waals surface area contributed by atoms with E-state index in [2.05, 4.69) is 29.7 Å². The zero-order valence-corrected chi connectivity index (χ0v) is 19.6. The summed E-state index contributed by atoms with van der Waals surface area (Å²) in [6.07, 6.45) is 5.49. The molecule has 2 aromatic carbocycles. The number of hydrogen-bond acceptors (Lipinski definition) is 3. The van der Waals surface area contributed by atoms with Crippen LogP contribution < -0.4 is 10.6 Å². The SMILES string of the molecule is CCCCCNC1CCN(C(=O)N2CC[C@H](NC(=O)c3ccc(-c4ccccc4)cc3)C2)C1. The maximum Gasteiger partial charge on any atom is 0.320 e. The van der Waals surface area contributed by atoms with Crippen molar-refractivity contribution in [3.8, 4) is 11.1 Å². The third-order valence-electron chi connectivity index (χ3n) is 6.72. The van der Waals surface area contributed by atoms with Gasteiger partial charge >= 0.3 is 6.03 Å². The Balaban J connectivity index is 1.23. The van der Waals surface area contributed by atoms with Crippen LogP contribution in [-0.2, 0) is 0 Å². The number of nitrogens with zero attached hydrogens (tertiary/aromatic N) is 2. The molecule has 0 spiro atoms. The molecule has 0 aromatic heterocycles. The lowest BCUT2D eigenvalue weighted by molar-refractivity contribution is 0.0937. The van der Waals surface area contributed by atoms with Crippen molar-refractivity contribution >= 4 is 11.9 Å². The lowest BCUT2D eigenvalue weighted by Crippen LogP contribution is -2.44. The molecule has 0 saturated carbocycles. The fraction of sp³-hybridized carbons (Fsp3) is 0.481. The third kappa shape index (κ3) is 6.14. The van der Waals surface area contributed by atoms with E-state index >= 15 is 0 Å². The van der Waals surface area contributed by atoms with Crippen molar-refractivity contribution in [1.82, 2.24) is 20.4 Å². The van der Waals surface area contributed by atoms with E-state index in [-0.39, 0.29) is 18.0 Å². The number of rotatable bonds is 8. The summed E-state index contributed by atoms with van der Waals surface area (Å²) in [6, 6.07) is 18.3. The summed E-state index contributed by atoms with van der Waals surface area (Å²) in [4.78, 5) is 29.5. The highest BCUT2D eigenvalue weighted by Gasteiger charge is 2.33. The van der Waals surface area contributed by atoms with E-state index in [9.17, 15) is 9.59 Å². The van der Waals surface area contributed by atoms with Gasteiger partial charge in [0.05, 0.1) is 0 Å². The highest BCUT2D eigenvalue weighted by atomic mass is 16.2. The summed E-state index contributed by atoms with van der Waals surface area (Å²) in [5.74, 6) is -0.0774. The maximum absolute atomic E-state index is 13.0. The average molecular weight is 449 g/mol. The Hall–Kier alpha value is -2.86. The number of benzene rings is 2. The number of carbonyl (C=O) groups excluding carboxylic acids is 2. The van der Waals surface area contributed by atoms with E-state index < -0.39 is 0 Å². The lowest BCUT2D eigenvalue weighted by atomic mass is 10.0. The first-order valence-corrected chi connectivity index (χ1v) is 12.4. The number of carbonyl (C=O) groups is 2. The quantitative estimate of drug-likeness (QED) is 0.597. The predicted octanol–water partition coefficient (Wildman–Crippen LogP) is 4.13. The number of urea groups is 1. The van der Waals surface area contributed by atoms with Crippen LogP contribution in [0.15, 0.2) is 54.6 Å². The van der Waals surface area contributed by atoms with E-state index in [1.54, 1.807) is 0 Å². The maximum atomic E-state index is 13.0. The second kappa shape index (κ2) is 11.3. The highest BCUT2D eigenvalue weighted by Crippen LogP contribution is 2.20. The van der Waals surface area contributed by atoms with Crippen LogP contribution in [0.25, 0.3) is 11.1 Å². The third-order valence-corrected chi connectivity index (χ3v) is 6.72. The van der Waals surface area contributed by atoms with Gasteiger partial charge in [-0.2, -0.15) is 0 Å². The highest BCUT2D eigenvalue weighted by molar-refractivity contribution is 5.95. The second-order valence-corrected chi connectivity index (χ2v) is 9.22. The van der Waals surface area contributed by atoms with Crippen molar-refractivity contribution in [2.24, 2.45) is 0 Å². The molecule has 2 aliphatic rings. The number of nitrogens with one attached hydrogen (secondary N) is 2. The molecule has 3 amide bonds. The summed E-state index contributed by atoms with van der Waals surface area (Å²) in [5.41, 5.74) is 2.87. The summed E-state index contributed by atoms with van der Waals surface area (Å²) in [5, 5.41) is 6.70. The largest absolute Gasteiger partial charge is 0.347 e. The molecule has 0 radical (unpaired) electrons. The monoisotopic (exact) mass is 448 g/mol. The molecule has 2 aliphatic heterocycles. The van der Waals surface area contributed by atoms with E-state index in [0.29, 0.717) is 24.7 Å². The molecular weight excluding hydrogens is 412 g/mol. The zero-order valence-electron chi connectivity index (χ0n) is 19.6. The van der Waals surface area contributed by atoms with Crippen molar-refractivity contribution in [3.05, 3.63) is 60.2 Å². The first-order valence-electron chi connectivity index (χ1n) is 12.4. The predicted molar refractivity (Wildman–Crippen MR) is 132 cm³/mol. The van der Waals surface area contributed by atoms with Crippen molar-refractivity contribution in [3.63, 3.8) is 0 Å². The molecule has 6 nitrogen and oxygen atoms in total. The average Bonchev–Trinajstić information content (AvgIpc) is 3.52. The van der Waals surface area contributed by atoms with Gasteiger partial charge in [-0.25, -0.2) is 4.79 Å². The van der Waals surface area contributed by atoms with Gasteiger partial charge in [-0.05, 0) is 49.1 Å². The molecule has 2 N–H and O–H groups in total. The number of amides is 3. The Labute approximate surface area is 197 Å². The number of hydrogen-bond donors (Lipinski definition) is 2. The Morgan fingerprint density at radius 2 is 1.48 bits per heavy atom. The standard InChI is InChI=1S/C27H36N4O2/c1-2-3-7-16-28-24-14-17-30(19-24)27(33)31-18-15-25(20-31)29-26(32)23-12-10-22(11-13-23)21-8-5-4-6-9-21/h4-6,8-13,24-25,28H,2-3,7,14-20H2,1H3,(H,29,32)/t24?,25-/m0/s1. The minimum atomic E-state index is -0.0774. The van der Waals surface area contributed by atoms with Gasteiger partial charge in [-0.1, -0.05) is 62.2 Å². The molecule has 2 aromatic rings. The molecule has 2 heterocycles. The molecule has 2 fully saturated rings. The van der Waals surface area contributed by atoms with Crippen molar-refractivity contribution in [2.45, 2.75) is 51.1 Å². The van der Waals surface area contributed by atoms with Crippen LogP contribution in [0.3, 0.4) is 0 Å². The topological polar surface area (TPSA) is 64.7 Å². The van der Waals surface area contributed by atoms with E-state index in [4.69, 9.17) is 0 Å². The molecule has 2 saturated heterocycles. The number of unbranched alkanes of at least 4 members (excludes halogenated alkanes) is 2. The van der Waals surface area contributed by atoms with Gasteiger partial charge in [0.25, 0.3) is 5.91 Å². The summed E-state index contributed by atoms with van der Waals surface area (Å²) in [6.45, 7) is 6.12. The summed E-state index contributed by atoms with van der Waals surface area (Å²) < 4.78 is 0. The summed E-state index contributed by atoms with van der Waals surface area (Å²) >= 11 is 0. The Bertz CT molecular complexity index is 915. The van der Waals surface area contributed by atoms with E-state index in [1.807, 2.05) is 52.3 Å². The van der Waals surface area contributed by atoms with Crippen LogP contribution in [0.4, 0.5) is 4.79 Å². The van der Waals surface area contributed by atoms with Crippen molar-refractivity contribution in [1.29, 1.82) is 0 Å². The summed E-state index contributed by atoms with van der Waals surface area (Å²) in [7, 11) is 0. The molecule has 33 heavy (non-hydrogen) atoms. The Morgan fingerprint density at radius 1 is 0.848 bits per heavy atom. The first-order chi connectivity index (χ1) is 16.1. The second-order valence-electron chi connectivity index (χ2n) is 9.22. The van der Waals surface area contributed by atoms with Crippen LogP contribution >= 0.6 is 0 Å². The number of likely N-dealkylation sites (tertiary alicyclic amines) is 2. The van der Waals surface area contributed by atoms with Crippen LogP contribution in [0, 0.1) is 0 Å². The molecular formula is C27H36N4O2. The first kappa shape index (κ1) is 23.3.